The second-order valence-electron chi connectivity index (χ2n) is 7.60. The highest BCUT2D eigenvalue weighted by Gasteiger charge is 2.31. The van der Waals surface area contributed by atoms with Gasteiger partial charge in [-0.05, 0) is 49.2 Å². The fraction of sp³-hybridized carbons (Fsp3) is 0.273. The van der Waals surface area contributed by atoms with Crippen LogP contribution in [0.15, 0.2) is 36.4 Å². The lowest BCUT2D eigenvalue weighted by Crippen LogP contribution is -2.45. The molecule has 10 heteroatoms. The molecule has 0 saturated carbocycles. The Kier molecular flexibility index (Phi) is 6.89. The largest absolute Gasteiger partial charge is 0.488 e. The van der Waals surface area contributed by atoms with E-state index >= 15 is 0 Å². The van der Waals surface area contributed by atoms with E-state index < -0.39 is 0 Å². The maximum absolute atomic E-state index is 13.2. The zero-order valence-corrected chi connectivity index (χ0v) is 20.0. The maximum Gasteiger partial charge on any atom is 0.286 e. The molecule has 6 nitrogen and oxygen atoms in total. The van der Waals surface area contributed by atoms with E-state index in [0.29, 0.717) is 37.8 Å². The van der Waals surface area contributed by atoms with Gasteiger partial charge in [-0.1, -0.05) is 41.2 Å². The third-order valence-electron chi connectivity index (χ3n) is 5.52. The van der Waals surface area contributed by atoms with Crippen LogP contribution in [0.25, 0.3) is 16.9 Å². The summed E-state index contributed by atoms with van der Waals surface area (Å²) in [6, 6.07) is 10.6. The first-order valence-electron chi connectivity index (χ1n) is 10.1. The Morgan fingerprint density at radius 2 is 1.72 bits per heavy atom. The molecule has 2 aliphatic rings. The summed E-state index contributed by atoms with van der Waals surface area (Å²) in [5.41, 5.74) is 6.19. The van der Waals surface area contributed by atoms with Gasteiger partial charge in [0.1, 0.15) is 12.4 Å². The Morgan fingerprint density at radius 1 is 1.00 bits per heavy atom. The predicted molar refractivity (Wildman–Crippen MR) is 129 cm³/mol. The molecule has 32 heavy (non-hydrogen) atoms. The van der Waals surface area contributed by atoms with E-state index in [4.69, 9.17) is 39.5 Å². The summed E-state index contributed by atoms with van der Waals surface area (Å²) in [6.07, 6.45) is 3.30. The van der Waals surface area contributed by atoms with E-state index in [1.165, 1.54) is 6.42 Å². The SMILES string of the molecule is Cl.O=C(NN1CCCCC1)c1nn(-c2ccc(Cl)cc2Cl)c2c1COc1cc(Cl)ccc1-2. The van der Waals surface area contributed by atoms with Crippen LogP contribution >= 0.6 is 47.2 Å². The van der Waals surface area contributed by atoms with Crippen molar-refractivity contribution in [1.29, 1.82) is 0 Å². The number of hydrogen-bond acceptors (Lipinski definition) is 4. The van der Waals surface area contributed by atoms with E-state index in [-0.39, 0.29) is 24.9 Å². The number of carbonyl (C=O) groups is 1. The summed E-state index contributed by atoms with van der Waals surface area (Å²) >= 11 is 18.7. The normalized spacial score (nSPS) is 15.2. The topological polar surface area (TPSA) is 59.4 Å². The van der Waals surface area contributed by atoms with E-state index in [9.17, 15) is 4.79 Å². The molecule has 0 bridgehead atoms. The van der Waals surface area contributed by atoms with E-state index in [2.05, 4.69) is 10.5 Å². The summed E-state index contributed by atoms with van der Waals surface area (Å²) in [7, 11) is 0. The Balaban J connectivity index is 0.00000245. The number of ether oxygens (including phenoxy) is 1. The van der Waals surface area contributed by atoms with Gasteiger partial charge in [-0.15, -0.1) is 12.4 Å². The number of halogens is 4. The number of aromatic nitrogens is 2. The van der Waals surface area contributed by atoms with Crippen molar-refractivity contribution in [1.82, 2.24) is 20.2 Å². The maximum atomic E-state index is 13.2. The molecule has 1 aromatic heterocycles. The third-order valence-corrected chi connectivity index (χ3v) is 6.30. The highest BCUT2D eigenvalue weighted by molar-refractivity contribution is 6.35. The summed E-state index contributed by atoms with van der Waals surface area (Å²) in [5.74, 6) is 0.372. The Bertz CT molecular complexity index is 1170. The van der Waals surface area contributed by atoms with Gasteiger partial charge in [-0.2, -0.15) is 5.10 Å². The van der Waals surface area contributed by atoms with Crippen LogP contribution in [0.1, 0.15) is 35.3 Å². The van der Waals surface area contributed by atoms with E-state index in [0.717, 1.165) is 37.2 Å². The Morgan fingerprint density at radius 3 is 2.47 bits per heavy atom. The highest BCUT2D eigenvalue weighted by Crippen LogP contribution is 2.42. The zero-order chi connectivity index (χ0) is 21.5. The number of hydrazine groups is 1. The third kappa shape index (κ3) is 4.30. The van der Waals surface area contributed by atoms with Crippen molar-refractivity contribution in [3.63, 3.8) is 0 Å². The number of fused-ring (bicyclic) bond motifs is 3. The van der Waals surface area contributed by atoms with Crippen LogP contribution in [0.5, 0.6) is 5.75 Å². The fourth-order valence-corrected chi connectivity index (χ4v) is 4.69. The molecule has 3 heterocycles. The first kappa shape index (κ1) is 23.2. The molecule has 1 saturated heterocycles. The van der Waals surface area contributed by atoms with Gasteiger partial charge in [0.2, 0.25) is 0 Å². The number of nitrogens with zero attached hydrogens (tertiary/aromatic N) is 3. The summed E-state index contributed by atoms with van der Waals surface area (Å²) < 4.78 is 7.61. The van der Waals surface area contributed by atoms with Gasteiger partial charge in [0.25, 0.3) is 5.91 Å². The molecule has 0 spiro atoms. The first-order chi connectivity index (χ1) is 15.0. The summed E-state index contributed by atoms with van der Waals surface area (Å²) in [6.45, 7) is 1.86. The summed E-state index contributed by atoms with van der Waals surface area (Å²) in [5, 5.41) is 8.15. The van der Waals surface area contributed by atoms with Crippen molar-refractivity contribution in [3.05, 3.63) is 62.7 Å². The van der Waals surface area contributed by atoms with Crippen molar-refractivity contribution in [2.45, 2.75) is 25.9 Å². The quantitative estimate of drug-likeness (QED) is 0.470. The molecule has 1 N–H and O–H groups in total. The molecule has 3 aromatic rings. The van der Waals surface area contributed by atoms with Gasteiger partial charge < -0.3 is 4.74 Å². The number of nitrogens with one attached hydrogen (secondary N) is 1. The number of piperidine rings is 1. The van der Waals surface area contributed by atoms with Crippen molar-refractivity contribution < 1.29 is 9.53 Å². The van der Waals surface area contributed by atoms with Gasteiger partial charge in [0, 0.05) is 34.3 Å². The number of carbonyl (C=O) groups excluding carboxylic acids is 1. The lowest BCUT2D eigenvalue weighted by atomic mass is 10.0. The second-order valence-corrected chi connectivity index (χ2v) is 8.88. The minimum Gasteiger partial charge on any atom is -0.488 e. The monoisotopic (exact) mass is 512 g/mol. The molecule has 0 aliphatic carbocycles. The molecule has 0 unspecified atom stereocenters. The molecule has 0 atom stereocenters. The van der Waals surface area contributed by atoms with Crippen LogP contribution in [-0.4, -0.2) is 33.8 Å². The molecule has 1 fully saturated rings. The molecular weight excluding hydrogens is 494 g/mol. The number of rotatable bonds is 3. The minimum atomic E-state index is -0.261. The van der Waals surface area contributed by atoms with Gasteiger partial charge in [0.05, 0.1) is 16.4 Å². The van der Waals surface area contributed by atoms with E-state index in [1.807, 2.05) is 11.1 Å². The molecular formula is C22H20Cl4N4O2. The number of benzene rings is 2. The molecule has 5 rings (SSSR count). The van der Waals surface area contributed by atoms with Crippen LogP contribution < -0.4 is 10.2 Å². The van der Waals surface area contributed by atoms with Gasteiger partial charge in [0.15, 0.2) is 5.69 Å². The fourth-order valence-electron chi connectivity index (χ4n) is 4.04. The lowest BCUT2D eigenvalue weighted by Gasteiger charge is -2.26. The van der Waals surface area contributed by atoms with Gasteiger partial charge in [-0.3, -0.25) is 10.2 Å². The Hall–Kier alpha value is -1.96. The molecule has 1 amide bonds. The van der Waals surface area contributed by atoms with Crippen molar-refractivity contribution in [3.8, 4) is 22.7 Å². The van der Waals surface area contributed by atoms with Crippen LogP contribution in [0.4, 0.5) is 0 Å². The zero-order valence-electron chi connectivity index (χ0n) is 16.9. The molecule has 2 aromatic carbocycles. The van der Waals surface area contributed by atoms with Crippen molar-refractivity contribution >= 4 is 53.1 Å². The van der Waals surface area contributed by atoms with Crippen LogP contribution in [-0.2, 0) is 6.61 Å². The molecule has 168 valence electrons. The second kappa shape index (κ2) is 9.49. The molecule has 2 aliphatic heterocycles. The smallest absolute Gasteiger partial charge is 0.286 e. The van der Waals surface area contributed by atoms with Crippen LogP contribution in [0.2, 0.25) is 15.1 Å². The average molecular weight is 514 g/mol. The van der Waals surface area contributed by atoms with Crippen LogP contribution in [0.3, 0.4) is 0 Å². The molecule has 0 radical (unpaired) electrons. The van der Waals surface area contributed by atoms with Gasteiger partial charge in [-0.25, -0.2) is 9.69 Å². The summed E-state index contributed by atoms with van der Waals surface area (Å²) in [4.78, 5) is 13.2. The predicted octanol–water partition coefficient (Wildman–Crippen LogP) is 5.94. The Labute approximate surface area is 206 Å². The van der Waals surface area contributed by atoms with Crippen molar-refractivity contribution in [2.75, 3.05) is 13.1 Å². The lowest BCUT2D eigenvalue weighted by molar-refractivity contribution is 0.0742. The average Bonchev–Trinajstić information content (AvgIpc) is 3.14. The highest BCUT2D eigenvalue weighted by atomic mass is 35.5. The standard InChI is InChI=1S/C22H19Cl3N4O2.ClH/c23-13-5-7-18(17(25)10-13)29-21-15-6-4-14(24)11-19(15)31-12-16(21)20(26-29)22(30)27-28-8-2-1-3-9-28;/h4-7,10-11H,1-3,8-9,12H2,(H,27,30);1H. The minimum absolute atomic E-state index is 0. The van der Waals surface area contributed by atoms with E-state index in [1.54, 1.807) is 35.0 Å². The number of amides is 1. The van der Waals surface area contributed by atoms with Crippen LogP contribution in [0, 0.1) is 0 Å². The first-order valence-corrected chi connectivity index (χ1v) is 11.2. The number of hydrogen-bond donors (Lipinski definition) is 1. The van der Waals surface area contributed by atoms with Gasteiger partial charge >= 0.3 is 0 Å². The van der Waals surface area contributed by atoms with Crippen molar-refractivity contribution in [2.24, 2.45) is 0 Å².